The van der Waals surface area contributed by atoms with Crippen LogP contribution in [0.2, 0.25) is 10.0 Å². The van der Waals surface area contributed by atoms with Crippen molar-refractivity contribution >= 4 is 33.2 Å². The first kappa shape index (κ1) is 19.2. The van der Waals surface area contributed by atoms with Crippen LogP contribution in [0.1, 0.15) is 11.1 Å². The Morgan fingerprint density at radius 1 is 1.04 bits per heavy atom. The molecule has 1 heterocycles. The van der Waals surface area contributed by atoms with Gasteiger partial charge in [-0.05, 0) is 29.8 Å². The summed E-state index contributed by atoms with van der Waals surface area (Å²) in [6.45, 7) is 2.55. The number of nitrogens with zero attached hydrogens (tertiary/aromatic N) is 3. The molecule has 0 amide bonds. The van der Waals surface area contributed by atoms with Gasteiger partial charge in [0.1, 0.15) is 6.07 Å². The maximum absolute atomic E-state index is 12.8. The van der Waals surface area contributed by atoms with Gasteiger partial charge in [0.15, 0.2) is 0 Å². The Kier molecular flexibility index (Phi) is 5.86. The van der Waals surface area contributed by atoms with Gasteiger partial charge >= 0.3 is 0 Å². The minimum Gasteiger partial charge on any atom is -0.296 e. The zero-order valence-electron chi connectivity index (χ0n) is 13.9. The van der Waals surface area contributed by atoms with Crippen molar-refractivity contribution in [2.75, 3.05) is 26.2 Å². The van der Waals surface area contributed by atoms with Crippen molar-refractivity contribution in [3.8, 4) is 6.07 Å². The molecular weight excluding hydrogens is 393 g/mol. The normalized spacial score (nSPS) is 16.3. The van der Waals surface area contributed by atoms with Crippen molar-refractivity contribution in [1.82, 2.24) is 9.21 Å². The van der Waals surface area contributed by atoms with E-state index in [2.05, 4.69) is 4.90 Å². The summed E-state index contributed by atoms with van der Waals surface area (Å²) >= 11 is 12.1. The molecule has 0 aromatic heterocycles. The molecule has 0 unspecified atom stereocenters. The minimum absolute atomic E-state index is 0.0664. The molecule has 2 aromatic carbocycles. The van der Waals surface area contributed by atoms with Crippen LogP contribution in [0.5, 0.6) is 0 Å². The predicted molar refractivity (Wildman–Crippen MR) is 102 cm³/mol. The lowest BCUT2D eigenvalue weighted by atomic mass is 10.2. The number of piperazine rings is 1. The molecule has 1 fully saturated rings. The van der Waals surface area contributed by atoms with Gasteiger partial charge in [-0.25, -0.2) is 8.42 Å². The van der Waals surface area contributed by atoms with Gasteiger partial charge in [0.2, 0.25) is 10.0 Å². The molecule has 0 aliphatic carbocycles. The molecule has 2 aromatic rings. The summed E-state index contributed by atoms with van der Waals surface area (Å²) in [4.78, 5) is 2.22. The van der Waals surface area contributed by atoms with Crippen LogP contribution >= 0.6 is 23.2 Å². The standard InChI is InChI=1S/C18H17Cl2N3O2S/c19-16-6-5-15(17(20)11-16)13-22-7-9-23(10-8-22)26(24,25)18-4-2-1-3-14(18)12-21/h1-6,11H,7-10,13H2. The third-order valence-corrected chi connectivity index (χ3v) is 6.91. The number of nitriles is 1. The summed E-state index contributed by atoms with van der Waals surface area (Å²) in [6, 6.07) is 13.6. The van der Waals surface area contributed by atoms with Crippen LogP contribution in [0.15, 0.2) is 47.4 Å². The maximum Gasteiger partial charge on any atom is 0.244 e. The van der Waals surface area contributed by atoms with E-state index in [1.807, 2.05) is 12.1 Å². The fourth-order valence-electron chi connectivity index (χ4n) is 2.94. The van der Waals surface area contributed by atoms with Crippen LogP contribution in [0.3, 0.4) is 0 Å². The summed E-state index contributed by atoms with van der Waals surface area (Å²) in [5.74, 6) is 0. The lowest BCUT2D eigenvalue weighted by Gasteiger charge is -2.34. The highest BCUT2D eigenvalue weighted by Gasteiger charge is 2.30. The van der Waals surface area contributed by atoms with Crippen molar-refractivity contribution < 1.29 is 8.42 Å². The molecule has 0 radical (unpaired) electrons. The molecule has 0 N–H and O–H groups in total. The van der Waals surface area contributed by atoms with Gasteiger partial charge in [0.25, 0.3) is 0 Å². The number of sulfonamides is 1. The fraction of sp³-hybridized carbons (Fsp3) is 0.278. The summed E-state index contributed by atoms with van der Waals surface area (Å²) in [6.07, 6.45) is 0. The molecule has 0 atom stereocenters. The van der Waals surface area contributed by atoms with E-state index in [4.69, 9.17) is 28.5 Å². The van der Waals surface area contributed by atoms with E-state index >= 15 is 0 Å². The van der Waals surface area contributed by atoms with Crippen LogP contribution < -0.4 is 0 Å². The Labute approximate surface area is 163 Å². The molecule has 3 rings (SSSR count). The van der Waals surface area contributed by atoms with Crippen molar-refractivity contribution in [2.45, 2.75) is 11.4 Å². The summed E-state index contributed by atoms with van der Waals surface area (Å²) in [5, 5.41) is 10.4. The van der Waals surface area contributed by atoms with Gasteiger partial charge in [0.05, 0.1) is 10.5 Å². The van der Waals surface area contributed by atoms with Crippen molar-refractivity contribution in [3.05, 3.63) is 63.6 Å². The van der Waals surface area contributed by atoms with E-state index < -0.39 is 10.0 Å². The highest BCUT2D eigenvalue weighted by atomic mass is 35.5. The van der Waals surface area contributed by atoms with E-state index in [-0.39, 0.29) is 10.5 Å². The molecule has 26 heavy (non-hydrogen) atoms. The monoisotopic (exact) mass is 409 g/mol. The Morgan fingerprint density at radius 2 is 1.73 bits per heavy atom. The van der Waals surface area contributed by atoms with E-state index in [1.54, 1.807) is 24.3 Å². The Balaban J connectivity index is 1.69. The van der Waals surface area contributed by atoms with Gasteiger partial charge in [-0.2, -0.15) is 9.57 Å². The van der Waals surface area contributed by atoms with Gasteiger partial charge in [0, 0.05) is 42.8 Å². The number of rotatable bonds is 4. The first-order valence-electron chi connectivity index (χ1n) is 8.07. The minimum atomic E-state index is -3.67. The fourth-order valence-corrected chi connectivity index (χ4v) is 4.97. The first-order valence-corrected chi connectivity index (χ1v) is 10.3. The molecule has 0 spiro atoms. The Hall–Kier alpha value is -1.62. The Bertz CT molecular complexity index is 949. The average molecular weight is 410 g/mol. The highest BCUT2D eigenvalue weighted by Crippen LogP contribution is 2.24. The molecule has 0 bridgehead atoms. The van der Waals surface area contributed by atoms with Crippen LogP contribution in [-0.4, -0.2) is 43.8 Å². The van der Waals surface area contributed by atoms with E-state index in [1.165, 1.54) is 16.4 Å². The zero-order valence-corrected chi connectivity index (χ0v) is 16.2. The number of benzene rings is 2. The molecule has 1 saturated heterocycles. The SMILES string of the molecule is N#Cc1ccccc1S(=O)(=O)N1CCN(Cc2ccc(Cl)cc2Cl)CC1. The van der Waals surface area contributed by atoms with Gasteiger partial charge in [-0.1, -0.05) is 41.4 Å². The van der Waals surface area contributed by atoms with Gasteiger partial charge in [-0.15, -0.1) is 0 Å². The van der Waals surface area contributed by atoms with Crippen molar-refractivity contribution in [1.29, 1.82) is 5.26 Å². The van der Waals surface area contributed by atoms with Crippen molar-refractivity contribution in [3.63, 3.8) is 0 Å². The van der Waals surface area contributed by atoms with Crippen molar-refractivity contribution in [2.24, 2.45) is 0 Å². The van der Waals surface area contributed by atoms with Gasteiger partial charge < -0.3 is 0 Å². The average Bonchev–Trinajstić information content (AvgIpc) is 2.64. The van der Waals surface area contributed by atoms with Crippen LogP contribution in [0.25, 0.3) is 0 Å². The summed E-state index contributed by atoms with van der Waals surface area (Å²) in [5.41, 5.74) is 1.13. The lowest BCUT2D eigenvalue weighted by molar-refractivity contribution is 0.181. The maximum atomic E-state index is 12.8. The third kappa shape index (κ3) is 4.03. The number of hydrogen-bond donors (Lipinski definition) is 0. The van der Waals surface area contributed by atoms with E-state index in [9.17, 15) is 8.42 Å². The summed E-state index contributed by atoms with van der Waals surface area (Å²) in [7, 11) is -3.67. The molecular formula is C18H17Cl2N3O2S. The number of hydrogen-bond acceptors (Lipinski definition) is 4. The second kappa shape index (κ2) is 7.95. The smallest absolute Gasteiger partial charge is 0.244 e. The molecule has 136 valence electrons. The highest BCUT2D eigenvalue weighted by molar-refractivity contribution is 7.89. The molecule has 1 aliphatic heterocycles. The quantitative estimate of drug-likeness (QED) is 0.776. The second-order valence-corrected chi connectivity index (χ2v) is 8.77. The third-order valence-electron chi connectivity index (χ3n) is 4.37. The van der Waals surface area contributed by atoms with Crippen LogP contribution in [-0.2, 0) is 16.6 Å². The Morgan fingerprint density at radius 3 is 2.38 bits per heavy atom. The zero-order chi connectivity index (χ0) is 18.7. The van der Waals surface area contributed by atoms with Crippen LogP contribution in [0, 0.1) is 11.3 Å². The topological polar surface area (TPSA) is 64.4 Å². The van der Waals surface area contributed by atoms with E-state index in [0.717, 1.165) is 5.56 Å². The number of halogens is 2. The molecule has 1 aliphatic rings. The molecule has 0 saturated carbocycles. The largest absolute Gasteiger partial charge is 0.296 e. The van der Waals surface area contributed by atoms with Gasteiger partial charge in [-0.3, -0.25) is 4.90 Å². The predicted octanol–water partition coefficient (Wildman–Crippen LogP) is 3.37. The van der Waals surface area contributed by atoms with Crippen LogP contribution in [0.4, 0.5) is 0 Å². The first-order chi connectivity index (χ1) is 12.4. The lowest BCUT2D eigenvalue weighted by Crippen LogP contribution is -2.48. The summed E-state index contributed by atoms with van der Waals surface area (Å²) < 4.78 is 27.1. The second-order valence-electron chi connectivity index (χ2n) is 6.02. The van der Waals surface area contributed by atoms with E-state index in [0.29, 0.717) is 42.8 Å². The molecule has 5 nitrogen and oxygen atoms in total. The molecule has 8 heteroatoms.